The minimum Gasteiger partial charge on any atom is -0.480 e. The molecule has 1 heterocycles. The van der Waals surface area contributed by atoms with Crippen molar-refractivity contribution in [3.8, 4) is 0 Å². The number of halogens is 1. The van der Waals surface area contributed by atoms with Crippen molar-refractivity contribution in [3.63, 3.8) is 0 Å². The Kier molecular flexibility index (Phi) is 3.29. The first-order chi connectivity index (χ1) is 6.07. The summed E-state index contributed by atoms with van der Waals surface area (Å²) in [6, 6.07) is -0.538. The number of aliphatic carboxylic acids is 1. The van der Waals surface area contributed by atoms with Gasteiger partial charge in [-0.3, -0.25) is 4.68 Å². The zero-order valence-electron chi connectivity index (χ0n) is 7.49. The summed E-state index contributed by atoms with van der Waals surface area (Å²) in [4.78, 5) is 10.8. The van der Waals surface area contributed by atoms with Crippen LogP contribution in [0.3, 0.4) is 0 Å². The second-order valence-corrected chi connectivity index (χ2v) is 3.95. The topological polar surface area (TPSA) is 55.1 Å². The van der Waals surface area contributed by atoms with Crippen LogP contribution in [0.5, 0.6) is 0 Å². The Hall–Kier alpha value is -0.590. The van der Waals surface area contributed by atoms with Gasteiger partial charge >= 0.3 is 5.97 Å². The van der Waals surface area contributed by atoms with Crippen molar-refractivity contribution < 1.29 is 9.90 Å². The summed E-state index contributed by atoms with van der Waals surface area (Å²) in [5.74, 6) is -0.829. The van der Waals surface area contributed by atoms with Crippen molar-refractivity contribution in [2.45, 2.75) is 26.3 Å². The van der Waals surface area contributed by atoms with E-state index in [4.69, 9.17) is 5.11 Å². The number of nitrogens with zero attached hydrogens (tertiary/aromatic N) is 2. The minimum atomic E-state index is -0.829. The summed E-state index contributed by atoms with van der Waals surface area (Å²) in [5.41, 5.74) is 0.912. The first kappa shape index (κ1) is 10.5. The van der Waals surface area contributed by atoms with Crippen molar-refractivity contribution in [1.82, 2.24) is 9.78 Å². The molecule has 0 aliphatic carbocycles. The predicted octanol–water partition coefficient (Wildman–Crippen LogP) is 1.83. The Balaban J connectivity index is 3.05. The number of carboxylic acid groups (broad SMARTS) is 1. The van der Waals surface area contributed by atoms with E-state index in [0.717, 1.165) is 9.26 Å². The lowest BCUT2D eigenvalue weighted by atomic mass is 10.2. The molecule has 1 rings (SSSR count). The maximum absolute atomic E-state index is 10.8. The molecule has 1 atom stereocenters. The molecule has 0 saturated carbocycles. The molecule has 13 heavy (non-hydrogen) atoms. The van der Waals surface area contributed by atoms with Crippen molar-refractivity contribution in [2.75, 3.05) is 0 Å². The quantitative estimate of drug-likeness (QED) is 0.865. The molecule has 0 saturated heterocycles. The molecule has 0 spiro atoms. The van der Waals surface area contributed by atoms with Gasteiger partial charge in [-0.25, -0.2) is 4.79 Å². The maximum Gasteiger partial charge on any atom is 0.328 e. The molecule has 4 nitrogen and oxygen atoms in total. The third kappa shape index (κ3) is 2.01. The SMILES string of the molecule is CC[C@@H](C(=O)O)n1ncc(I)c1C. The van der Waals surface area contributed by atoms with Crippen molar-refractivity contribution in [1.29, 1.82) is 0 Å². The van der Waals surface area contributed by atoms with Gasteiger partial charge in [0, 0.05) is 5.69 Å². The van der Waals surface area contributed by atoms with Gasteiger partial charge < -0.3 is 5.11 Å². The average molecular weight is 294 g/mol. The van der Waals surface area contributed by atoms with Crippen LogP contribution >= 0.6 is 22.6 Å². The molecule has 72 valence electrons. The molecule has 0 unspecified atom stereocenters. The smallest absolute Gasteiger partial charge is 0.328 e. The Morgan fingerprint density at radius 3 is 2.77 bits per heavy atom. The number of rotatable bonds is 3. The van der Waals surface area contributed by atoms with Gasteiger partial charge in [-0.05, 0) is 35.9 Å². The van der Waals surface area contributed by atoms with Crippen LogP contribution in [0.15, 0.2) is 6.20 Å². The third-order valence-corrected chi connectivity index (χ3v) is 3.01. The monoisotopic (exact) mass is 294 g/mol. The Labute approximate surface area is 90.1 Å². The Morgan fingerprint density at radius 2 is 2.46 bits per heavy atom. The summed E-state index contributed by atoms with van der Waals surface area (Å²) in [5, 5.41) is 12.9. The first-order valence-electron chi connectivity index (χ1n) is 4.00. The van der Waals surface area contributed by atoms with E-state index in [9.17, 15) is 4.79 Å². The highest BCUT2D eigenvalue weighted by Gasteiger charge is 2.20. The van der Waals surface area contributed by atoms with Gasteiger partial charge in [-0.2, -0.15) is 5.10 Å². The molecule has 5 heteroatoms. The van der Waals surface area contributed by atoms with Crippen LogP contribution in [0.1, 0.15) is 25.1 Å². The summed E-state index contributed by atoms with van der Waals surface area (Å²) < 4.78 is 2.56. The van der Waals surface area contributed by atoms with Gasteiger partial charge in [-0.1, -0.05) is 6.92 Å². The number of hydrogen-bond acceptors (Lipinski definition) is 2. The normalized spacial score (nSPS) is 12.8. The molecule has 0 fully saturated rings. The highest BCUT2D eigenvalue weighted by atomic mass is 127. The fourth-order valence-electron chi connectivity index (χ4n) is 1.17. The lowest BCUT2D eigenvalue weighted by molar-refractivity contribution is -0.141. The van der Waals surface area contributed by atoms with E-state index in [2.05, 4.69) is 27.7 Å². The lowest BCUT2D eigenvalue weighted by Gasteiger charge is -2.12. The molecular weight excluding hydrogens is 283 g/mol. The van der Waals surface area contributed by atoms with Crippen LogP contribution in [0.2, 0.25) is 0 Å². The molecule has 0 aliphatic rings. The summed E-state index contributed by atoms with van der Waals surface area (Å²) >= 11 is 2.14. The van der Waals surface area contributed by atoms with Gasteiger partial charge in [0.05, 0.1) is 9.77 Å². The second kappa shape index (κ2) is 4.08. The van der Waals surface area contributed by atoms with Crippen molar-refractivity contribution >= 4 is 28.6 Å². The van der Waals surface area contributed by atoms with Crippen LogP contribution in [0, 0.1) is 10.5 Å². The number of carboxylic acids is 1. The van der Waals surface area contributed by atoms with Crippen LogP contribution < -0.4 is 0 Å². The molecule has 0 bridgehead atoms. The van der Waals surface area contributed by atoms with Gasteiger partial charge in [-0.15, -0.1) is 0 Å². The minimum absolute atomic E-state index is 0.538. The third-order valence-electron chi connectivity index (χ3n) is 1.95. The fourth-order valence-corrected chi connectivity index (χ4v) is 1.54. The van der Waals surface area contributed by atoms with E-state index in [1.54, 1.807) is 10.9 Å². The van der Waals surface area contributed by atoms with E-state index in [1.165, 1.54) is 0 Å². The Morgan fingerprint density at radius 1 is 1.85 bits per heavy atom. The van der Waals surface area contributed by atoms with Gasteiger partial charge in [0.15, 0.2) is 0 Å². The number of carbonyl (C=O) groups is 1. The van der Waals surface area contributed by atoms with E-state index in [1.807, 2.05) is 13.8 Å². The fraction of sp³-hybridized carbons (Fsp3) is 0.500. The van der Waals surface area contributed by atoms with Crippen LogP contribution in [0.25, 0.3) is 0 Å². The predicted molar refractivity (Wildman–Crippen MR) is 56.6 cm³/mol. The van der Waals surface area contributed by atoms with E-state index in [0.29, 0.717) is 6.42 Å². The van der Waals surface area contributed by atoms with E-state index >= 15 is 0 Å². The largest absolute Gasteiger partial charge is 0.480 e. The molecular formula is C8H11IN2O2. The highest BCUT2D eigenvalue weighted by Crippen LogP contribution is 2.17. The zero-order valence-corrected chi connectivity index (χ0v) is 9.65. The van der Waals surface area contributed by atoms with Crippen LogP contribution in [-0.4, -0.2) is 20.9 Å². The number of aromatic nitrogens is 2. The zero-order chi connectivity index (χ0) is 10.0. The lowest BCUT2D eigenvalue weighted by Crippen LogP contribution is -2.20. The Bertz CT molecular complexity index is 322. The molecule has 1 aromatic rings. The number of hydrogen-bond donors (Lipinski definition) is 1. The standard InChI is InChI=1S/C8H11IN2O2/c1-3-7(8(12)13)11-5(2)6(9)4-10-11/h4,7H,3H2,1-2H3,(H,12,13)/t7-/m0/s1. The van der Waals surface area contributed by atoms with Crippen molar-refractivity contribution in [2.24, 2.45) is 0 Å². The van der Waals surface area contributed by atoms with Gasteiger partial charge in [0.2, 0.25) is 0 Å². The average Bonchev–Trinajstić information content (AvgIpc) is 2.37. The molecule has 0 aliphatic heterocycles. The van der Waals surface area contributed by atoms with E-state index < -0.39 is 12.0 Å². The molecule has 0 radical (unpaired) electrons. The summed E-state index contributed by atoms with van der Waals surface area (Å²) in [6.07, 6.45) is 2.23. The van der Waals surface area contributed by atoms with Gasteiger partial charge in [0.25, 0.3) is 0 Å². The molecule has 0 aromatic carbocycles. The second-order valence-electron chi connectivity index (χ2n) is 2.78. The molecule has 0 amide bonds. The van der Waals surface area contributed by atoms with Crippen LogP contribution in [0.4, 0.5) is 0 Å². The van der Waals surface area contributed by atoms with Crippen molar-refractivity contribution in [3.05, 3.63) is 15.5 Å². The van der Waals surface area contributed by atoms with Gasteiger partial charge in [0.1, 0.15) is 6.04 Å². The molecule has 1 aromatic heterocycles. The van der Waals surface area contributed by atoms with E-state index in [-0.39, 0.29) is 0 Å². The van der Waals surface area contributed by atoms with Crippen LogP contribution in [-0.2, 0) is 4.79 Å². The summed E-state index contributed by atoms with van der Waals surface area (Å²) in [7, 11) is 0. The summed E-state index contributed by atoms with van der Waals surface area (Å²) in [6.45, 7) is 3.72. The molecule has 1 N–H and O–H groups in total. The highest BCUT2D eigenvalue weighted by molar-refractivity contribution is 14.1. The first-order valence-corrected chi connectivity index (χ1v) is 5.08. The maximum atomic E-state index is 10.8.